The summed E-state index contributed by atoms with van der Waals surface area (Å²) < 4.78 is 5.64. The number of Topliss-reactive ketones (excluding diaryl/α,β-unsaturated/α-hetero) is 1. The molecule has 0 radical (unpaired) electrons. The summed E-state index contributed by atoms with van der Waals surface area (Å²) in [5.74, 6) is -3.63. The highest BCUT2D eigenvalue weighted by Gasteiger charge is 2.56. The van der Waals surface area contributed by atoms with Gasteiger partial charge in [-0.05, 0) is 80.6 Å². The number of aromatic hydroxyl groups is 1. The van der Waals surface area contributed by atoms with Crippen molar-refractivity contribution >= 4 is 34.9 Å². The Morgan fingerprint density at radius 1 is 0.913 bits per heavy atom. The highest BCUT2D eigenvalue weighted by atomic mass is 16.5. The van der Waals surface area contributed by atoms with Gasteiger partial charge in [0.25, 0.3) is 0 Å². The van der Waals surface area contributed by atoms with E-state index in [1.807, 2.05) is 12.1 Å². The number of rotatable bonds is 6. The summed E-state index contributed by atoms with van der Waals surface area (Å²) in [6.07, 6.45) is 3.78. The number of fused-ring (bicyclic) bond motifs is 3. The van der Waals surface area contributed by atoms with Gasteiger partial charge in [0, 0.05) is 33.8 Å². The van der Waals surface area contributed by atoms with Crippen molar-refractivity contribution in [1.29, 1.82) is 0 Å². The molecule has 4 aliphatic rings. The van der Waals surface area contributed by atoms with Crippen molar-refractivity contribution in [2.24, 2.45) is 17.8 Å². The van der Waals surface area contributed by atoms with Crippen molar-refractivity contribution in [2.75, 3.05) is 11.5 Å². The van der Waals surface area contributed by atoms with Crippen molar-refractivity contribution in [2.45, 2.75) is 32.6 Å². The van der Waals surface area contributed by atoms with Crippen LogP contribution in [0.1, 0.15) is 54.1 Å². The maximum Gasteiger partial charge on any atom is 0.238 e. The van der Waals surface area contributed by atoms with E-state index in [0.717, 1.165) is 5.57 Å². The van der Waals surface area contributed by atoms with Crippen LogP contribution in [-0.4, -0.2) is 40.9 Å². The zero-order valence-corrected chi connectivity index (χ0v) is 25.4. The fourth-order valence-electron chi connectivity index (χ4n) is 7.52. The Bertz CT molecular complexity index is 1930. The van der Waals surface area contributed by atoms with Gasteiger partial charge in [-0.2, -0.15) is 0 Å². The molecule has 0 saturated carbocycles. The van der Waals surface area contributed by atoms with Gasteiger partial charge in [-0.15, -0.1) is 0 Å². The van der Waals surface area contributed by atoms with E-state index < -0.39 is 23.7 Å². The van der Waals surface area contributed by atoms with E-state index in [9.17, 15) is 29.1 Å². The largest absolute Gasteiger partial charge is 0.504 e. The number of carbonyl (C=O) groups excluding carboxylic acids is 5. The standard InChI is InChI=1S/C38H31NO7/c1-3-46-31-18-23(11-16-29(31)40)32-25-14-15-26-33(27(25)19-28-34(32)30(41)17-20(2)35(28)42)38(45)39(37(26)44)24-12-9-22(10-13-24)36(43)21-7-5-4-6-8-21/h4-14,16-18,26-27,32-33,40H,3,15,19H2,1-2H3/t26-,27+,32-,33-/m0/s1. The number of amides is 2. The number of nitrogens with zero attached hydrogens (tertiary/aromatic N) is 1. The van der Waals surface area contributed by atoms with E-state index in [1.54, 1.807) is 74.5 Å². The van der Waals surface area contributed by atoms with Gasteiger partial charge in [-0.25, -0.2) is 0 Å². The number of hydrogen-bond donors (Lipinski definition) is 1. The van der Waals surface area contributed by atoms with E-state index in [-0.39, 0.29) is 47.1 Å². The molecule has 0 unspecified atom stereocenters. The van der Waals surface area contributed by atoms with Crippen LogP contribution in [0.15, 0.2) is 107 Å². The first-order valence-electron chi connectivity index (χ1n) is 15.4. The molecule has 3 aromatic rings. The Hall–Kier alpha value is -5.37. The molecule has 0 bridgehead atoms. The van der Waals surface area contributed by atoms with Crippen LogP contribution in [0.2, 0.25) is 0 Å². The fraction of sp³-hybridized carbons (Fsp3) is 0.237. The number of carbonyl (C=O) groups is 5. The first-order chi connectivity index (χ1) is 22.2. The lowest BCUT2D eigenvalue weighted by atomic mass is 9.59. The quantitative estimate of drug-likeness (QED) is 0.165. The third-order valence-electron chi connectivity index (χ3n) is 9.60. The molecule has 1 saturated heterocycles. The third kappa shape index (κ3) is 4.55. The van der Waals surface area contributed by atoms with Crippen LogP contribution in [-0.2, 0) is 19.2 Å². The highest BCUT2D eigenvalue weighted by Crippen LogP contribution is 2.55. The van der Waals surface area contributed by atoms with Crippen molar-refractivity contribution in [1.82, 2.24) is 0 Å². The van der Waals surface area contributed by atoms with Crippen molar-refractivity contribution < 1.29 is 33.8 Å². The molecular formula is C38H31NO7. The maximum atomic E-state index is 14.2. The molecular weight excluding hydrogens is 582 g/mol. The van der Waals surface area contributed by atoms with Crippen LogP contribution in [0.3, 0.4) is 0 Å². The fourth-order valence-corrected chi connectivity index (χ4v) is 7.52. The molecule has 1 N–H and O–H groups in total. The topological polar surface area (TPSA) is 118 Å². The first-order valence-corrected chi connectivity index (χ1v) is 15.4. The average molecular weight is 614 g/mol. The molecule has 8 nitrogen and oxygen atoms in total. The van der Waals surface area contributed by atoms with Crippen LogP contribution >= 0.6 is 0 Å². The van der Waals surface area contributed by atoms with Crippen molar-refractivity contribution in [3.63, 3.8) is 0 Å². The molecule has 3 aliphatic carbocycles. The van der Waals surface area contributed by atoms with E-state index in [2.05, 4.69) is 0 Å². The smallest absolute Gasteiger partial charge is 0.238 e. The number of phenolic OH excluding ortho intramolecular Hbond substituents is 1. The molecule has 1 heterocycles. The number of phenols is 1. The van der Waals surface area contributed by atoms with Crippen molar-refractivity contribution in [3.8, 4) is 11.5 Å². The molecule has 230 valence electrons. The van der Waals surface area contributed by atoms with Crippen molar-refractivity contribution in [3.05, 3.63) is 124 Å². The second-order valence-corrected chi connectivity index (χ2v) is 12.1. The number of ketones is 3. The molecule has 46 heavy (non-hydrogen) atoms. The Labute approximate surface area is 265 Å². The van der Waals surface area contributed by atoms with Crippen LogP contribution in [0.5, 0.6) is 11.5 Å². The summed E-state index contributed by atoms with van der Waals surface area (Å²) in [4.78, 5) is 69.3. The SMILES string of the molecule is CCOc1cc([C@H]2C3=CC[C@@H]4C(=O)N(c5ccc(C(=O)c6ccccc6)cc5)C(=O)[C@@H]4[C@@H]3CC3=C2C(=O)C=C(C)C3=O)ccc1O. The van der Waals surface area contributed by atoms with Gasteiger partial charge >= 0.3 is 0 Å². The zero-order chi connectivity index (χ0) is 32.3. The van der Waals surface area contributed by atoms with Gasteiger partial charge in [0.05, 0.1) is 24.1 Å². The molecule has 8 heteroatoms. The molecule has 3 aromatic carbocycles. The van der Waals surface area contributed by atoms with E-state index in [4.69, 9.17) is 4.74 Å². The number of anilines is 1. The lowest BCUT2D eigenvalue weighted by molar-refractivity contribution is -0.123. The first kappa shape index (κ1) is 29.3. The third-order valence-corrected chi connectivity index (χ3v) is 9.60. The minimum Gasteiger partial charge on any atom is -0.504 e. The number of benzene rings is 3. The second kappa shape index (κ2) is 11.2. The lowest BCUT2D eigenvalue weighted by Crippen LogP contribution is -2.39. The molecule has 2 amide bonds. The summed E-state index contributed by atoms with van der Waals surface area (Å²) in [6.45, 7) is 3.73. The lowest BCUT2D eigenvalue weighted by Gasteiger charge is -2.42. The number of imide groups is 1. The van der Waals surface area contributed by atoms with E-state index in [1.165, 1.54) is 17.0 Å². The van der Waals surface area contributed by atoms with Gasteiger partial charge in [-0.1, -0.05) is 48.0 Å². The number of allylic oxidation sites excluding steroid dienone is 6. The monoisotopic (exact) mass is 613 g/mol. The molecule has 1 fully saturated rings. The average Bonchev–Trinajstić information content (AvgIpc) is 3.33. The van der Waals surface area contributed by atoms with Crippen LogP contribution < -0.4 is 9.64 Å². The molecule has 1 aliphatic heterocycles. The maximum absolute atomic E-state index is 14.2. The molecule has 0 aromatic heterocycles. The van der Waals surface area contributed by atoms with Crippen LogP contribution in [0, 0.1) is 17.8 Å². The second-order valence-electron chi connectivity index (χ2n) is 12.1. The summed E-state index contributed by atoms with van der Waals surface area (Å²) in [6, 6.07) is 20.2. The minimum atomic E-state index is -0.729. The summed E-state index contributed by atoms with van der Waals surface area (Å²) in [5.41, 5.74) is 3.90. The van der Waals surface area contributed by atoms with Gasteiger partial charge in [-0.3, -0.25) is 28.9 Å². The molecule has 7 rings (SSSR count). The molecule has 4 atom stereocenters. The predicted molar refractivity (Wildman–Crippen MR) is 169 cm³/mol. The van der Waals surface area contributed by atoms with Crippen LogP contribution in [0.25, 0.3) is 0 Å². The van der Waals surface area contributed by atoms with E-state index >= 15 is 0 Å². The number of hydrogen-bond acceptors (Lipinski definition) is 7. The Morgan fingerprint density at radius 3 is 2.35 bits per heavy atom. The van der Waals surface area contributed by atoms with Gasteiger partial charge in [0.2, 0.25) is 11.8 Å². The molecule has 0 spiro atoms. The van der Waals surface area contributed by atoms with Gasteiger partial charge < -0.3 is 9.84 Å². The van der Waals surface area contributed by atoms with Gasteiger partial charge in [0.15, 0.2) is 28.8 Å². The number of ether oxygens (including phenoxy) is 1. The Kier molecular flexibility index (Phi) is 7.15. The van der Waals surface area contributed by atoms with Gasteiger partial charge in [0.1, 0.15) is 0 Å². The summed E-state index contributed by atoms with van der Waals surface area (Å²) in [5, 5.41) is 10.4. The summed E-state index contributed by atoms with van der Waals surface area (Å²) in [7, 11) is 0. The highest BCUT2D eigenvalue weighted by molar-refractivity contribution is 6.25. The normalized spacial score (nSPS) is 23.8. The summed E-state index contributed by atoms with van der Waals surface area (Å²) >= 11 is 0. The van der Waals surface area contributed by atoms with E-state index in [0.29, 0.717) is 52.1 Å². The Balaban J connectivity index is 1.26. The minimum absolute atomic E-state index is 0.0460. The van der Waals surface area contributed by atoms with Crippen LogP contribution in [0.4, 0.5) is 5.69 Å². The zero-order valence-electron chi connectivity index (χ0n) is 25.4. The predicted octanol–water partition coefficient (Wildman–Crippen LogP) is 5.66. The Morgan fingerprint density at radius 2 is 1.63 bits per heavy atom.